The Bertz CT molecular complexity index is 1210. The number of hydrogen-bond donors (Lipinski definition) is 2. The highest BCUT2D eigenvalue weighted by molar-refractivity contribution is 7.89. The minimum Gasteiger partial charge on any atom is -0.303 e. The fraction of sp³-hybridized carbons (Fsp3) is 0.571. The smallest absolute Gasteiger partial charge is 0.303 e. The highest BCUT2D eigenvalue weighted by Gasteiger charge is 2.23. The van der Waals surface area contributed by atoms with E-state index in [0.717, 1.165) is 22.0 Å². The van der Waals surface area contributed by atoms with Crippen molar-refractivity contribution < 1.29 is 21.4 Å². The topological polar surface area (TPSA) is 107 Å². The zero-order valence-electron chi connectivity index (χ0n) is 22.8. The molecule has 8 nitrogen and oxygen atoms in total. The summed E-state index contributed by atoms with van der Waals surface area (Å²) < 4.78 is 63.5. The van der Waals surface area contributed by atoms with Gasteiger partial charge in [0.1, 0.15) is 0 Å². The van der Waals surface area contributed by atoms with Gasteiger partial charge in [0, 0.05) is 19.1 Å². The predicted octanol–water partition coefficient (Wildman–Crippen LogP) is 4.94. The molecular formula is C28H43N3O5S2. The van der Waals surface area contributed by atoms with E-state index in [9.17, 15) is 21.4 Å². The summed E-state index contributed by atoms with van der Waals surface area (Å²) >= 11 is 0. The van der Waals surface area contributed by atoms with Crippen LogP contribution in [0.5, 0.6) is 0 Å². The number of rotatable bonds is 14. The van der Waals surface area contributed by atoms with Crippen LogP contribution < -0.4 is 9.03 Å². The predicted molar refractivity (Wildman–Crippen MR) is 153 cm³/mol. The maximum absolute atomic E-state index is 12.8. The summed E-state index contributed by atoms with van der Waals surface area (Å²) in [6.45, 7) is 8.15. The van der Waals surface area contributed by atoms with Crippen molar-refractivity contribution in [2.45, 2.75) is 76.7 Å². The van der Waals surface area contributed by atoms with Gasteiger partial charge in [0.15, 0.2) is 0 Å². The maximum Gasteiger partial charge on any atom is 0.359 e. The molecule has 0 heterocycles. The first-order valence-corrected chi connectivity index (χ1v) is 16.5. The van der Waals surface area contributed by atoms with Crippen molar-refractivity contribution in [3.63, 3.8) is 0 Å². The van der Waals surface area contributed by atoms with E-state index >= 15 is 0 Å². The average Bonchev–Trinajstić information content (AvgIpc) is 2.85. The number of hydrogen-bond acceptors (Lipinski definition) is 5. The van der Waals surface area contributed by atoms with Gasteiger partial charge in [-0.05, 0) is 89.7 Å². The van der Waals surface area contributed by atoms with Crippen LogP contribution in [-0.4, -0.2) is 58.5 Å². The van der Waals surface area contributed by atoms with Crippen LogP contribution in [-0.2, 0) is 20.3 Å². The Kier molecular flexibility index (Phi) is 11.2. The molecule has 2 N–H and O–H groups in total. The molecule has 1 atom stereocenters. The highest BCUT2D eigenvalue weighted by atomic mass is 32.2. The van der Waals surface area contributed by atoms with Gasteiger partial charge in [-0.2, -0.15) is 8.42 Å². The zero-order chi connectivity index (χ0) is 27.8. The molecule has 1 fully saturated rings. The molecule has 1 saturated carbocycles. The van der Waals surface area contributed by atoms with E-state index in [1.807, 2.05) is 32.9 Å². The Labute approximate surface area is 229 Å². The van der Waals surface area contributed by atoms with E-state index in [1.165, 1.54) is 32.1 Å². The Morgan fingerprint density at radius 1 is 0.868 bits per heavy atom. The maximum atomic E-state index is 12.8. The molecule has 10 heteroatoms. The molecule has 38 heavy (non-hydrogen) atoms. The van der Waals surface area contributed by atoms with Crippen LogP contribution >= 0.6 is 0 Å². The van der Waals surface area contributed by atoms with E-state index in [0.29, 0.717) is 37.5 Å². The Hall–Kier alpha value is -1.98. The first-order valence-electron chi connectivity index (χ1n) is 13.6. The van der Waals surface area contributed by atoms with E-state index in [4.69, 9.17) is 0 Å². The van der Waals surface area contributed by atoms with Crippen LogP contribution in [0.2, 0.25) is 0 Å². The average molecular weight is 566 g/mol. The summed E-state index contributed by atoms with van der Waals surface area (Å²) in [4.78, 5) is 2.58. The minimum atomic E-state index is -4.39. The molecule has 3 rings (SSSR count). The molecule has 0 aromatic heterocycles. The largest absolute Gasteiger partial charge is 0.359 e. The van der Waals surface area contributed by atoms with Crippen molar-refractivity contribution in [2.75, 3.05) is 30.5 Å². The quantitative estimate of drug-likeness (QED) is 0.314. The number of benzene rings is 2. The Morgan fingerprint density at radius 3 is 2.03 bits per heavy atom. The SMILES string of the molecule is Cc1ccc(N(CCCN(CCC(C)NS(=O)(=O)c2ccc(C)cc2)CC2CCCCC2)S(=O)(=O)O)cc1. The summed E-state index contributed by atoms with van der Waals surface area (Å²) in [6, 6.07) is 13.6. The molecule has 2 aromatic carbocycles. The number of aryl methyl sites for hydroxylation is 2. The third kappa shape index (κ3) is 9.64. The van der Waals surface area contributed by atoms with Crippen LogP contribution in [0.1, 0.15) is 63.0 Å². The third-order valence-corrected chi connectivity index (χ3v) is 9.80. The van der Waals surface area contributed by atoms with Gasteiger partial charge in [-0.15, -0.1) is 0 Å². The summed E-state index contributed by atoms with van der Waals surface area (Å²) in [5, 5.41) is 0. The van der Waals surface area contributed by atoms with Crippen LogP contribution in [0.4, 0.5) is 5.69 Å². The fourth-order valence-corrected chi connectivity index (χ4v) is 7.07. The van der Waals surface area contributed by atoms with Crippen molar-refractivity contribution in [1.29, 1.82) is 0 Å². The fourth-order valence-electron chi connectivity index (χ4n) is 5.04. The third-order valence-electron chi connectivity index (χ3n) is 7.24. The monoisotopic (exact) mass is 565 g/mol. The molecule has 1 unspecified atom stereocenters. The van der Waals surface area contributed by atoms with Gasteiger partial charge in [0.05, 0.1) is 10.6 Å². The molecule has 0 saturated heterocycles. The Morgan fingerprint density at radius 2 is 1.45 bits per heavy atom. The zero-order valence-corrected chi connectivity index (χ0v) is 24.5. The first-order chi connectivity index (χ1) is 17.9. The van der Waals surface area contributed by atoms with Crippen LogP contribution in [0.25, 0.3) is 0 Å². The number of sulfonamides is 1. The van der Waals surface area contributed by atoms with E-state index < -0.39 is 20.3 Å². The molecule has 2 aromatic rings. The normalized spacial score (nSPS) is 16.0. The summed E-state index contributed by atoms with van der Waals surface area (Å²) in [5.41, 5.74) is 2.45. The summed E-state index contributed by atoms with van der Waals surface area (Å²) in [6.07, 6.45) is 7.29. The number of anilines is 1. The molecule has 1 aliphatic rings. The van der Waals surface area contributed by atoms with Gasteiger partial charge < -0.3 is 4.90 Å². The highest BCUT2D eigenvalue weighted by Crippen LogP contribution is 2.25. The Balaban J connectivity index is 1.61. The lowest BCUT2D eigenvalue weighted by Gasteiger charge is -2.31. The molecule has 0 amide bonds. The number of nitrogens with one attached hydrogen (secondary N) is 1. The number of nitrogens with zero attached hydrogens (tertiary/aromatic N) is 2. The molecule has 1 aliphatic carbocycles. The molecule has 212 valence electrons. The van der Waals surface area contributed by atoms with Gasteiger partial charge in [-0.1, -0.05) is 54.7 Å². The lowest BCUT2D eigenvalue weighted by atomic mass is 9.89. The van der Waals surface area contributed by atoms with E-state index in [1.54, 1.807) is 36.4 Å². The van der Waals surface area contributed by atoms with Gasteiger partial charge in [0.2, 0.25) is 10.0 Å². The van der Waals surface area contributed by atoms with E-state index in [-0.39, 0.29) is 17.5 Å². The molecule has 0 radical (unpaired) electrons. The van der Waals surface area contributed by atoms with Gasteiger partial charge in [-0.3, -0.25) is 4.55 Å². The standard InChI is InChI=1S/C28H43N3O5S2/c1-23-10-14-27(15-11-23)31(38(34,35)36)20-7-19-30(22-26-8-5-4-6-9-26)21-18-25(3)29-37(32,33)28-16-12-24(2)13-17-28/h10-17,25-26,29H,4-9,18-22H2,1-3H3,(H,34,35,36). The van der Waals surface area contributed by atoms with Crippen molar-refractivity contribution in [3.05, 3.63) is 59.7 Å². The van der Waals surface area contributed by atoms with Gasteiger partial charge >= 0.3 is 10.3 Å². The molecule has 0 spiro atoms. The molecule has 0 aliphatic heterocycles. The minimum absolute atomic E-state index is 0.165. The second kappa shape index (κ2) is 13.9. The van der Waals surface area contributed by atoms with Crippen molar-refractivity contribution in [3.8, 4) is 0 Å². The van der Waals surface area contributed by atoms with Crippen LogP contribution in [0.15, 0.2) is 53.4 Å². The van der Waals surface area contributed by atoms with Crippen LogP contribution in [0, 0.1) is 19.8 Å². The van der Waals surface area contributed by atoms with E-state index in [2.05, 4.69) is 9.62 Å². The summed E-state index contributed by atoms with van der Waals surface area (Å²) in [7, 11) is -7.99. The van der Waals surface area contributed by atoms with Gasteiger partial charge in [-0.25, -0.2) is 17.4 Å². The molecule has 0 bridgehead atoms. The van der Waals surface area contributed by atoms with Crippen LogP contribution in [0.3, 0.4) is 0 Å². The van der Waals surface area contributed by atoms with Crippen molar-refractivity contribution in [1.82, 2.24) is 9.62 Å². The first kappa shape index (κ1) is 30.6. The second-order valence-corrected chi connectivity index (χ2v) is 13.7. The van der Waals surface area contributed by atoms with Gasteiger partial charge in [0.25, 0.3) is 0 Å². The summed E-state index contributed by atoms with van der Waals surface area (Å²) in [5.74, 6) is 0.595. The lowest BCUT2D eigenvalue weighted by Crippen LogP contribution is -2.39. The lowest BCUT2D eigenvalue weighted by molar-refractivity contribution is 0.194. The van der Waals surface area contributed by atoms with Crippen molar-refractivity contribution >= 4 is 26.0 Å². The second-order valence-electron chi connectivity index (χ2n) is 10.7. The van der Waals surface area contributed by atoms with Crippen molar-refractivity contribution in [2.24, 2.45) is 5.92 Å². The molecular weight excluding hydrogens is 522 g/mol.